The van der Waals surface area contributed by atoms with Crippen LogP contribution in [0.1, 0.15) is 154 Å². The Balaban J connectivity index is 1.03. The Morgan fingerprint density at radius 1 is 0.708 bits per heavy atom. The van der Waals surface area contributed by atoms with Crippen LogP contribution >= 0.6 is 0 Å². The number of carbonyl (C=O) groups is 1. The topological polar surface area (TPSA) is 192 Å². The third kappa shape index (κ3) is 17.1. The number of rotatable bonds is 33. The van der Waals surface area contributed by atoms with E-state index in [2.05, 4.69) is 66.8 Å². The molecule has 1 amide bonds. The fourth-order valence-electron chi connectivity index (χ4n) is 9.28. The van der Waals surface area contributed by atoms with E-state index in [4.69, 9.17) is 13.7 Å². The summed E-state index contributed by atoms with van der Waals surface area (Å²) in [6.45, 7) is 1.11. The van der Waals surface area contributed by atoms with E-state index < -0.39 is 66.5 Å². The number of allylic oxidation sites excluding steroid dienone is 1. The molecule has 1 heterocycles. The molecule has 4 aromatic carbocycles. The van der Waals surface area contributed by atoms with Crippen LogP contribution in [0.3, 0.4) is 0 Å². The average molecular weight is 924 g/mol. The lowest BCUT2D eigenvalue weighted by atomic mass is 9.90. The first-order chi connectivity index (χ1) is 31.5. The van der Waals surface area contributed by atoms with Gasteiger partial charge in [0.15, 0.2) is 6.29 Å². The number of amides is 1. The Hall–Kier alpha value is -3.24. The summed E-state index contributed by atoms with van der Waals surface area (Å²) in [5.41, 5.74) is 1.42. The van der Waals surface area contributed by atoms with Crippen molar-refractivity contribution < 1.29 is 51.8 Å². The zero-order valence-corrected chi connectivity index (χ0v) is 39.5. The van der Waals surface area contributed by atoms with Gasteiger partial charge in [-0.25, -0.2) is 4.18 Å². The number of carbonyl (C=O) groups excluding carboxylic acids is 1. The molecule has 7 atom stereocenters. The van der Waals surface area contributed by atoms with Gasteiger partial charge in [-0.3, -0.25) is 9.35 Å². The summed E-state index contributed by atoms with van der Waals surface area (Å²) < 4.78 is 49.9. The van der Waals surface area contributed by atoms with Gasteiger partial charge in [0.2, 0.25) is 5.91 Å². The molecule has 0 spiro atoms. The summed E-state index contributed by atoms with van der Waals surface area (Å²) in [5, 5.41) is 51.4. The van der Waals surface area contributed by atoms with Gasteiger partial charge in [-0.1, -0.05) is 183 Å². The molecule has 1 aliphatic heterocycles. The standard InChI is InChI=1S/C52H77NO11S/c1-2-3-4-5-6-7-8-9-10-13-16-19-22-28-44(64-65(59,60)61)43(37-62-52-51(58)50(57)49(56)45(36-54)63-52)53-46(55)29-23-20-17-14-11-12-15-18-21-25-38-30-31-41-33-32-39-26-24-27-40-34-35-42(38)48(41)47(39)40/h22,24,26-28,30-35,43-45,49-52,54,56-58H,2-21,23,25,29,36-37H2,1H3,(H,53,55)(H,59,60,61)/b28-22+/t43-,44+,45+,49-,50-,51+,52+/m0/s1. The second kappa shape index (κ2) is 28.2. The number of ether oxygens (including phenoxy) is 2. The molecule has 0 radical (unpaired) electrons. The fourth-order valence-corrected chi connectivity index (χ4v) is 9.76. The van der Waals surface area contributed by atoms with Crippen LogP contribution in [0.4, 0.5) is 0 Å². The lowest BCUT2D eigenvalue weighted by Gasteiger charge is -2.40. The fraction of sp³-hybridized carbons (Fsp3) is 0.635. The van der Waals surface area contributed by atoms with Gasteiger partial charge in [0.05, 0.1) is 19.3 Å². The first-order valence-corrected chi connectivity index (χ1v) is 26.1. The second-order valence-electron chi connectivity index (χ2n) is 18.2. The van der Waals surface area contributed by atoms with E-state index in [0.29, 0.717) is 12.8 Å². The third-order valence-electron chi connectivity index (χ3n) is 13.0. The molecule has 0 saturated carbocycles. The first-order valence-electron chi connectivity index (χ1n) is 24.7. The highest BCUT2D eigenvalue weighted by molar-refractivity contribution is 7.80. The molecule has 4 aromatic rings. The molecule has 6 N–H and O–H groups in total. The SMILES string of the molecule is CCCCCCCCCCCCC/C=C/[C@@H](OS(=O)(=O)O)[C@H](CO[C@@H]1O[C@H](CO)[C@H](O)[C@H](O)[C@H]1O)NC(=O)CCCCCCCCCCCc1ccc2ccc3cccc4ccc1c2c34. The van der Waals surface area contributed by atoms with Crippen molar-refractivity contribution in [3.63, 3.8) is 0 Å². The van der Waals surface area contributed by atoms with Gasteiger partial charge in [0.1, 0.15) is 30.5 Å². The van der Waals surface area contributed by atoms with Crippen LogP contribution < -0.4 is 5.32 Å². The normalized spacial score (nSPS) is 20.4. The Kier molecular flexibility index (Phi) is 22.9. The van der Waals surface area contributed by atoms with Gasteiger partial charge in [0.25, 0.3) is 0 Å². The van der Waals surface area contributed by atoms with Gasteiger partial charge in [-0.15, -0.1) is 0 Å². The minimum atomic E-state index is -4.97. The monoisotopic (exact) mass is 924 g/mol. The number of aryl methyl sites for hydroxylation is 1. The van der Waals surface area contributed by atoms with Gasteiger partial charge >= 0.3 is 10.4 Å². The number of unbranched alkanes of at least 4 members (excludes halogenated alkanes) is 19. The molecule has 1 aliphatic rings. The minimum absolute atomic E-state index is 0.167. The summed E-state index contributed by atoms with van der Waals surface area (Å²) in [4.78, 5) is 13.3. The van der Waals surface area contributed by atoms with E-state index in [-0.39, 0.29) is 12.3 Å². The van der Waals surface area contributed by atoms with Gasteiger partial charge in [-0.2, -0.15) is 8.42 Å². The Labute approximate surface area is 387 Å². The van der Waals surface area contributed by atoms with Crippen molar-refractivity contribution >= 4 is 48.6 Å². The van der Waals surface area contributed by atoms with Gasteiger partial charge < -0.3 is 35.2 Å². The quantitative estimate of drug-likeness (QED) is 0.0115. The van der Waals surface area contributed by atoms with Crippen molar-refractivity contribution in [1.82, 2.24) is 5.32 Å². The third-order valence-corrected chi connectivity index (χ3v) is 13.5. The molecule has 0 aliphatic carbocycles. The number of benzene rings is 4. The van der Waals surface area contributed by atoms with E-state index in [9.17, 15) is 38.2 Å². The molecule has 0 unspecified atom stereocenters. The van der Waals surface area contributed by atoms with Crippen LogP contribution in [0.5, 0.6) is 0 Å². The maximum atomic E-state index is 13.3. The summed E-state index contributed by atoms with van der Waals surface area (Å²) in [5.74, 6) is -0.375. The molecule has 13 heteroatoms. The van der Waals surface area contributed by atoms with Crippen molar-refractivity contribution in [3.05, 3.63) is 72.3 Å². The number of aliphatic hydroxyl groups excluding tert-OH is 4. The van der Waals surface area contributed by atoms with Crippen LogP contribution in [-0.4, -0.2) is 95.4 Å². The molecule has 0 bridgehead atoms. The summed E-state index contributed by atoms with van der Waals surface area (Å²) in [6, 6.07) is 18.9. The van der Waals surface area contributed by atoms with Gasteiger partial charge in [-0.05, 0) is 70.0 Å². The largest absolute Gasteiger partial charge is 0.398 e. The Morgan fingerprint density at radius 2 is 1.26 bits per heavy atom. The summed E-state index contributed by atoms with van der Waals surface area (Å²) in [6.07, 6.45) is 18.4. The molecule has 65 heavy (non-hydrogen) atoms. The number of aliphatic hydroxyl groups is 4. The molecule has 362 valence electrons. The van der Waals surface area contributed by atoms with E-state index in [1.165, 1.54) is 108 Å². The van der Waals surface area contributed by atoms with Crippen LogP contribution in [0, 0.1) is 0 Å². The predicted octanol–water partition coefficient (Wildman–Crippen LogP) is 9.77. The van der Waals surface area contributed by atoms with Crippen LogP contribution in [-0.2, 0) is 35.3 Å². The number of nitrogens with one attached hydrogen (secondary N) is 1. The Bertz CT molecular complexity index is 2090. The van der Waals surface area contributed by atoms with E-state index in [0.717, 1.165) is 64.2 Å². The number of hydrogen-bond donors (Lipinski definition) is 6. The zero-order valence-electron chi connectivity index (χ0n) is 38.7. The van der Waals surface area contributed by atoms with Crippen LogP contribution in [0.15, 0.2) is 66.7 Å². The lowest BCUT2D eigenvalue weighted by molar-refractivity contribution is -0.302. The highest BCUT2D eigenvalue weighted by Crippen LogP contribution is 2.36. The molecular weight excluding hydrogens is 847 g/mol. The molecule has 1 saturated heterocycles. The average Bonchev–Trinajstić information content (AvgIpc) is 3.29. The van der Waals surface area contributed by atoms with E-state index in [1.807, 2.05) is 0 Å². The zero-order chi connectivity index (χ0) is 46.4. The van der Waals surface area contributed by atoms with Gasteiger partial charge in [0, 0.05) is 6.42 Å². The smallest absolute Gasteiger partial charge is 0.394 e. The highest BCUT2D eigenvalue weighted by Gasteiger charge is 2.44. The molecule has 0 aromatic heterocycles. The van der Waals surface area contributed by atoms with Crippen molar-refractivity contribution in [2.75, 3.05) is 13.2 Å². The van der Waals surface area contributed by atoms with Crippen LogP contribution in [0.2, 0.25) is 0 Å². The second-order valence-corrected chi connectivity index (χ2v) is 19.3. The van der Waals surface area contributed by atoms with Crippen molar-refractivity contribution in [1.29, 1.82) is 0 Å². The Morgan fingerprint density at radius 3 is 1.88 bits per heavy atom. The van der Waals surface area contributed by atoms with Crippen molar-refractivity contribution in [2.45, 2.75) is 197 Å². The molecular formula is C52H77NO11S. The summed E-state index contributed by atoms with van der Waals surface area (Å²) >= 11 is 0. The molecule has 12 nitrogen and oxygen atoms in total. The summed E-state index contributed by atoms with van der Waals surface area (Å²) in [7, 11) is -4.97. The number of hydrogen-bond acceptors (Lipinski definition) is 10. The lowest BCUT2D eigenvalue weighted by Crippen LogP contribution is -2.60. The maximum Gasteiger partial charge on any atom is 0.398 e. The van der Waals surface area contributed by atoms with E-state index >= 15 is 0 Å². The molecule has 5 rings (SSSR count). The highest BCUT2D eigenvalue weighted by atomic mass is 32.3. The van der Waals surface area contributed by atoms with Crippen molar-refractivity contribution in [2.24, 2.45) is 0 Å². The first kappa shape index (κ1) is 52.7. The van der Waals surface area contributed by atoms with Crippen molar-refractivity contribution in [3.8, 4) is 0 Å². The van der Waals surface area contributed by atoms with Crippen LogP contribution in [0.25, 0.3) is 32.3 Å². The van der Waals surface area contributed by atoms with E-state index in [1.54, 1.807) is 6.08 Å². The maximum absolute atomic E-state index is 13.3. The molecule has 1 fully saturated rings. The minimum Gasteiger partial charge on any atom is -0.394 e. The predicted molar refractivity (Wildman–Crippen MR) is 258 cm³/mol.